The van der Waals surface area contributed by atoms with Crippen molar-refractivity contribution in [1.82, 2.24) is 0 Å². The van der Waals surface area contributed by atoms with Gasteiger partial charge in [-0.15, -0.1) is 24.0 Å². The van der Waals surface area contributed by atoms with E-state index in [1.165, 1.54) is 11.1 Å². The van der Waals surface area contributed by atoms with E-state index in [9.17, 15) is 0 Å². The fourth-order valence-electron chi connectivity index (χ4n) is 1.81. The minimum atomic E-state index is 0. The number of hydrogen-bond acceptors (Lipinski definition) is 2. The summed E-state index contributed by atoms with van der Waals surface area (Å²) < 4.78 is 0. The van der Waals surface area contributed by atoms with Crippen LogP contribution < -0.4 is 11.1 Å². The molecule has 0 saturated heterocycles. The van der Waals surface area contributed by atoms with Crippen molar-refractivity contribution in [2.45, 2.75) is 12.7 Å². The van der Waals surface area contributed by atoms with Gasteiger partial charge in [0.25, 0.3) is 0 Å². The number of aryl methyl sites for hydroxylation is 1. The van der Waals surface area contributed by atoms with Crippen molar-refractivity contribution < 1.29 is 0 Å². The lowest BCUT2D eigenvalue weighted by molar-refractivity contribution is 1.13. The summed E-state index contributed by atoms with van der Waals surface area (Å²) in [4.78, 5) is 4.33. The van der Waals surface area contributed by atoms with Crippen LogP contribution in [0.15, 0.2) is 59.6 Å². The molecule has 0 unspecified atom stereocenters. The molecule has 2 aromatic rings. The molecule has 0 saturated carbocycles. The van der Waals surface area contributed by atoms with Crippen LogP contribution in [0.2, 0.25) is 0 Å². The van der Waals surface area contributed by atoms with Gasteiger partial charge in [-0.25, -0.2) is 0 Å². The molecule has 2 rings (SSSR count). The van der Waals surface area contributed by atoms with Crippen LogP contribution in [0, 0.1) is 6.92 Å². The quantitative estimate of drug-likeness (QED) is 0.313. The van der Waals surface area contributed by atoms with Crippen molar-refractivity contribution in [3.05, 3.63) is 65.7 Å². The van der Waals surface area contributed by atoms with Gasteiger partial charge in [-0.1, -0.05) is 48.0 Å². The van der Waals surface area contributed by atoms with E-state index in [1.807, 2.05) is 42.1 Å². The van der Waals surface area contributed by atoms with Gasteiger partial charge < -0.3 is 11.1 Å². The number of guanidine groups is 1. The number of nitrogens with zero attached hydrogens (tertiary/aromatic N) is 1. The average molecular weight is 427 g/mol. The van der Waals surface area contributed by atoms with Crippen LogP contribution in [0.4, 0.5) is 5.69 Å². The lowest BCUT2D eigenvalue weighted by Crippen LogP contribution is -2.23. The summed E-state index contributed by atoms with van der Waals surface area (Å²) in [5, 5.41) is 3.08. The largest absolute Gasteiger partial charge is 0.370 e. The second-order valence-electron chi connectivity index (χ2n) is 4.80. The Kier molecular flexibility index (Phi) is 9.00. The number of nitrogens with one attached hydrogen (secondary N) is 1. The second kappa shape index (κ2) is 10.5. The lowest BCUT2D eigenvalue weighted by Gasteiger charge is -2.05. The number of nitrogens with two attached hydrogens (primary N) is 1. The maximum Gasteiger partial charge on any atom is 0.193 e. The fourth-order valence-corrected chi connectivity index (χ4v) is 2.61. The molecule has 0 aromatic heterocycles. The summed E-state index contributed by atoms with van der Waals surface area (Å²) in [5.41, 5.74) is 9.46. The third-order valence-electron chi connectivity index (χ3n) is 2.95. The maximum absolute atomic E-state index is 5.85. The molecule has 0 aliphatic carbocycles. The third kappa shape index (κ3) is 7.17. The van der Waals surface area contributed by atoms with Crippen LogP contribution in [0.25, 0.3) is 0 Å². The van der Waals surface area contributed by atoms with Gasteiger partial charge in [-0.2, -0.15) is 11.8 Å². The molecular weight excluding hydrogens is 405 g/mol. The first-order valence-corrected chi connectivity index (χ1v) is 8.15. The van der Waals surface area contributed by atoms with Gasteiger partial charge in [-0.05, 0) is 24.6 Å². The normalized spacial score (nSPS) is 10.9. The van der Waals surface area contributed by atoms with Gasteiger partial charge in [0.15, 0.2) is 5.96 Å². The van der Waals surface area contributed by atoms with E-state index >= 15 is 0 Å². The highest BCUT2D eigenvalue weighted by molar-refractivity contribution is 14.0. The lowest BCUT2D eigenvalue weighted by atomic mass is 10.2. The maximum atomic E-state index is 5.85. The Balaban J connectivity index is 0.00000242. The molecule has 0 heterocycles. The molecule has 0 spiro atoms. The highest BCUT2D eigenvalue weighted by Gasteiger charge is 1.95. The first-order valence-electron chi connectivity index (χ1n) is 6.99. The molecule has 0 aliphatic rings. The van der Waals surface area contributed by atoms with Crippen molar-refractivity contribution in [3.63, 3.8) is 0 Å². The van der Waals surface area contributed by atoms with Crippen LogP contribution in [0.1, 0.15) is 11.1 Å². The van der Waals surface area contributed by atoms with E-state index in [4.69, 9.17) is 5.73 Å². The first-order chi connectivity index (χ1) is 10.2. The zero-order valence-electron chi connectivity index (χ0n) is 12.7. The summed E-state index contributed by atoms with van der Waals surface area (Å²) >= 11 is 1.87. The highest BCUT2D eigenvalue weighted by atomic mass is 127. The molecule has 2 aromatic carbocycles. The summed E-state index contributed by atoms with van der Waals surface area (Å²) in [6.07, 6.45) is 0. The Morgan fingerprint density at radius 2 is 1.77 bits per heavy atom. The van der Waals surface area contributed by atoms with E-state index in [-0.39, 0.29) is 24.0 Å². The van der Waals surface area contributed by atoms with Crippen LogP contribution in [-0.2, 0) is 5.75 Å². The smallest absolute Gasteiger partial charge is 0.193 e. The Hall–Kier alpha value is -1.21. The predicted octanol–water partition coefficient (Wildman–Crippen LogP) is 4.27. The number of anilines is 1. The van der Waals surface area contributed by atoms with E-state index < -0.39 is 0 Å². The Bertz CT molecular complexity index is 570. The second-order valence-corrected chi connectivity index (χ2v) is 5.90. The van der Waals surface area contributed by atoms with Gasteiger partial charge in [0.2, 0.25) is 0 Å². The molecule has 22 heavy (non-hydrogen) atoms. The number of para-hydroxylation sites is 1. The number of aliphatic imine (C=N–C) groups is 1. The van der Waals surface area contributed by atoms with Gasteiger partial charge in [0.1, 0.15) is 0 Å². The zero-order valence-corrected chi connectivity index (χ0v) is 15.8. The molecule has 3 N–H and O–H groups in total. The minimum absolute atomic E-state index is 0. The Morgan fingerprint density at radius 1 is 1.09 bits per heavy atom. The zero-order chi connectivity index (χ0) is 14.9. The van der Waals surface area contributed by atoms with Crippen LogP contribution in [-0.4, -0.2) is 18.3 Å². The monoisotopic (exact) mass is 427 g/mol. The van der Waals surface area contributed by atoms with E-state index in [1.54, 1.807) is 0 Å². The van der Waals surface area contributed by atoms with Gasteiger partial charge in [0.05, 0.1) is 6.54 Å². The van der Waals surface area contributed by atoms with E-state index in [0.29, 0.717) is 5.96 Å². The van der Waals surface area contributed by atoms with Crippen molar-refractivity contribution >= 4 is 47.4 Å². The van der Waals surface area contributed by atoms with E-state index in [0.717, 1.165) is 23.7 Å². The topological polar surface area (TPSA) is 50.4 Å². The summed E-state index contributed by atoms with van der Waals surface area (Å²) in [6.45, 7) is 2.83. The highest BCUT2D eigenvalue weighted by Crippen LogP contribution is 2.12. The minimum Gasteiger partial charge on any atom is -0.370 e. The molecule has 0 bridgehead atoms. The number of thioether (sulfide) groups is 1. The van der Waals surface area contributed by atoms with Gasteiger partial charge in [0, 0.05) is 17.2 Å². The molecule has 0 radical (unpaired) electrons. The summed E-state index contributed by atoms with van der Waals surface area (Å²) in [7, 11) is 0. The third-order valence-corrected chi connectivity index (χ3v) is 3.96. The molecule has 118 valence electrons. The van der Waals surface area contributed by atoms with Gasteiger partial charge >= 0.3 is 0 Å². The van der Waals surface area contributed by atoms with E-state index in [2.05, 4.69) is 41.5 Å². The predicted molar refractivity (Wildman–Crippen MR) is 109 cm³/mol. The number of hydrogen-bond donors (Lipinski definition) is 2. The number of halogens is 1. The van der Waals surface area contributed by atoms with Crippen LogP contribution >= 0.6 is 35.7 Å². The molecule has 0 aliphatic heterocycles. The SMILES string of the molecule is Cc1ccc(CSCCN=C(N)Nc2ccccc2)cc1.I. The van der Waals surface area contributed by atoms with Crippen LogP contribution in [0.3, 0.4) is 0 Å². The first kappa shape index (κ1) is 18.8. The average Bonchev–Trinajstić information content (AvgIpc) is 2.50. The molecule has 0 atom stereocenters. The fraction of sp³-hybridized carbons (Fsp3) is 0.235. The van der Waals surface area contributed by atoms with Crippen molar-refractivity contribution in [1.29, 1.82) is 0 Å². The number of rotatable bonds is 6. The standard InChI is InChI=1S/C17H21N3S.HI/c1-14-7-9-15(10-8-14)13-21-12-11-19-17(18)20-16-5-3-2-4-6-16;/h2-10H,11-13H2,1H3,(H3,18,19,20);1H. The molecule has 0 fully saturated rings. The van der Waals surface area contributed by atoms with Crippen LogP contribution in [0.5, 0.6) is 0 Å². The Morgan fingerprint density at radius 3 is 2.45 bits per heavy atom. The van der Waals surface area contributed by atoms with Crippen molar-refractivity contribution in [3.8, 4) is 0 Å². The van der Waals surface area contributed by atoms with Crippen molar-refractivity contribution in [2.24, 2.45) is 10.7 Å². The summed E-state index contributed by atoms with van der Waals surface area (Å²) in [5.74, 6) is 2.45. The summed E-state index contributed by atoms with van der Waals surface area (Å²) in [6, 6.07) is 18.5. The molecule has 5 heteroatoms. The molecule has 0 amide bonds. The number of benzene rings is 2. The Labute approximate surface area is 153 Å². The molecule has 3 nitrogen and oxygen atoms in total. The van der Waals surface area contributed by atoms with Gasteiger partial charge in [-0.3, -0.25) is 4.99 Å². The molecular formula is C17H22IN3S. The van der Waals surface area contributed by atoms with Crippen molar-refractivity contribution in [2.75, 3.05) is 17.6 Å².